The highest BCUT2D eigenvalue weighted by Crippen LogP contribution is 2.46. The van der Waals surface area contributed by atoms with Crippen LogP contribution < -0.4 is 9.47 Å². The summed E-state index contributed by atoms with van der Waals surface area (Å²) in [5.74, 6) is 2.70. The van der Waals surface area contributed by atoms with Crippen molar-refractivity contribution in [2.24, 2.45) is 11.3 Å². The summed E-state index contributed by atoms with van der Waals surface area (Å²) < 4.78 is 13.3. The van der Waals surface area contributed by atoms with Crippen LogP contribution in [0.2, 0.25) is 0 Å². The minimum absolute atomic E-state index is 0.0774. The molecule has 34 heavy (non-hydrogen) atoms. The molecule has 2 aromatic rings. The van der Waals surface area contributed by atoms with E-state index >= 15 is 0 Å². The summed E-state index contributed by atoms with van der Waals surface area (Å²) in [7, 11) is 0. The number of ether oxygens (including phenoxy) is 2. The van der Waals surface area contributed by atoms with E-state index in [0.717, 1.165) is 63.0 Å². The first-order valence-electron chi connectivity index (χ1n) is 12.8. The molecule has 0 bridgehead atoms. The molecule has 1 aromatic carbocycles. The van der Waals surface area contributed by atoms with Crippen molar-refractivity contribution in [1.82, 2.24) is 14.4 Å². The van der Waals surface area contributed by atoms with Gasteiger partial charge in [0.15, 0.2) is 11.5 Å². The molecule has 6 heteroatoms. The van der Waals surface area contributed by atoms with Gasteiger partial charge in [-0.15, -0.1) is 0 Å². The molecule has 1 saturated heterocycles. The lowest BCUT2D eigenvalue weighted by Gasteiger charge is -2.46. The van der Waals surface area contributed by atoms with E-state index < -0.39 is 0 Å². The van der Waals surface area contributed by atoms with Crippen molar-refractivity contribution in [3.63, 3.8) is 0 Å². The van der Waals surface area contributed by atoms with Gasteiger partial charge in [0, 0.05) is 45.1 Å². The van der Waals surface area contributed by atoms with Crippen LogP contribution in [-0.4, -0.2) is 53.2 Å². The SMILES string of the molecule is CC(C)(C)C1CCC(CC(=O)N2CCN(Cc3ccc4c(c3)OCO4)CC2)(n2cccc2)CC1. The molecule has 0 unspecified atom stereocenters. The summed E-state index contributed by atoms with van der Waals surface area (Å²) in [6, 6.07) is 10.4. The summed E-state index contributed by atoms with van der Waals surface area (Å²) in [5, 5.41) is 0. The number of rotatable bonds is 5. The Kier molecular flexibility index (Phi) is 6.36. The number of fused-ring (bicyclic) bond motifs is 1. The Bertz CT molecular complexity index is 979. The predicted octanol–water partition coefficient (Wildman–Crippen LogP) is 4.88. The lowest BCUT2D eigenvalue weighted by atomic mass is 9.66. The molecule has 2 aliphatic heterocycles. The number of hydrogen-bond acceptors (Lipinski definition) is 4. The van der Waals surface area contributed by atoms with Crippen molar-refractivity contribution in [3.05, 3.63) is 48.3 Å². The maximum Gasteiger partial charge on any atom is 0.231 e. The zero-order valence-corrected chi connectivity index (χ0v) is 21.0. The van der Waals surface area contributed by atoms with Gasteiger partial charge in [-0.25, -0.2) is 0 Å². The molecule has 0 radical (unpaired) electrons. The molecule has 6 nitrogen and oxygen atoms in total. The Morgan fingerprint density at radius 1 is 1.00 bits per heavy atom. The minimum atomic E-state index is -0.0774. The van der Waals surface area contributed by atoms with E-state index in [2.05, 4.69) is 71.8 Å². The highest BCUT2D eigenvalue weighted by molar-refractivity contribution is 5.77. The van der Waals surface area contributed by atoms with Crippen LogP contribution in [0.1, 0.15) is 58.4 Å². The molecular weight excluding hydrogens is 426 g/mol. The standard InChI is InChI=1S/C28H39N3O3/c1-27(2,3)23-8-10-28(11-9-23,31-12-4-5-13-31)19-26(32)30-16-14-29(15-17-30)20-22-6-7-24-25(18-22)34-21-33-24/h4-7,12-13,18,23H,8-11,14-17,19-21H2,1-3H3. The molecule has 1 amide bonds. The van der Waals surface area contributed by atoms with Crippen LogP contribution in [0.15, 0.2) is 42.7 Å². The van der Waals surface area contributed by atoms with Crippen LogP contribution in [-0.2, 0) is 16.9 Å². The molecule has 3 heterocycles. The maximum absolute atomic E-state index is 13.5. The van der Waals surface area contributed by atoms with E-state index in [9.17, 15) is 4.79 Å². The van der Waals surface area contributed by atoms with Crippen LogP contribution >= 0.6 is 0 Å². The average Bonchev–Trinajstić information content (AvgIpc) is 3.52. The van der Waals surface area contributed by atoms with Crippen molar-refractivity contribution in [2.75, 3.05) is 33.0 Å². The van der Waals surface area contributed by atoms with Gasteiger partial charge in [-0.2, -0.15) is 0 Å². The number of carbonyl (C=O) groups excluding carboxylic acids is 1. The lowest BCUT2D eigenvalue weighted by Crippen LogP contribution is -2.51. The van der Waals surface area contributed by atoms with Crippen LogP contribution in [0.25, 0.3) is 0 Å². The molecule has 3 aliphatic rings. The summed E-state index contributed by atoms with van der Waals surface area (Å²) >= 11 is 0. The highest BCUT2D eigenvalue weighted by atomic mass is 16.7. The molecule has 1 aromatic heterocycles. The van der Waals surface area contributed by atoms with Gasteiger partial charge in [-0.1, -0.05) is 26.8 Å². The van der Waals surface area contributed by atoms with E-state index in [-0.39, 0.29) is 5.54 Å². The quantitative estimate of drug-likeness (QED) is 0.631. The first-order chi connectivity index (χ1) is 16.3. The Labute approximate surface area is 203 Å². The summed E-state index contributed by atoms with van der Waals surface area (Å²) in [4.78, 5) is 18.0. The number of benzene rings is 1. The minimum Gasteiger partial charge on any atom is -0.454 e. The Balaban J connectivity index is 1.18. The maximum atomic E-state index is 13.5. The molecule has 1 aliphatic carbocycles. The third kappa shape index (κ3) is 4.83. The summed E-state index contributed by atoms with van der Waals surface area (Å²) in [5.41, 5.74) is 1.49. The van der Waals surface area contributed by atoms with Crippen molar-refractivity contribution in [1.29, 1.82) is 0 Å². The Hall–Kier alpha value is -2.47. The fourth-order valence-electron chi connectivity index (χ4n) is 6.04. The lowest BCUT2D eigenvalue weighted by molar-refractivity contribution is -0.136. The van der Waals surface area contributed by atoms with Crippen molar-refractivity contribution in [2.45, 2.75) is 65.0 Å². The second-order valence-corrected chi connectivity index (χ2v) is 11.5. The molecule has 0 N–H and O–H groups in total. The van der Waals surface area contributed by atoms with Gasteiger partial charge in [-0.05, 0) is 66.8 Å². The first kappa shape index (κ1) is 23.3. The van der Waals surface area contributed by atoms with Gasteiger partial charge in [0.1, 0.15) is 0 Å². The third-order valence-electron chi connectivity index (χ3n) is 8.34. The van der Waals surface area contributed by atoms with Crippen LogP contribution in [0.3, 0.4) is 0 Å². The van der Waals surface area contributed by atoms with E-state index in [1.54, 1.807) is 0 Å². The zero-order valence-electron chi connectivity index (χ0n) is 21.0. The average molecular weight is 466 g/mol. The highest BCUT2D eigenvalue weighted by Gasteiger charge is 2.42. The molecule has 0 atom stereocenters. The van der Waals surface area contributed by atoms with E-state index in [0.29, 0.717) is 24.5 Å². The number of piperazine rings is 1. The Morgan fingerprint density at radius 3 is 2.35 bits per heavy atom. The summed E-state index contributed by atoms with van der Waals surface area (Å²) in [6.07, 6.45) is 9.48. The van der Waals surface area contributed by atoms with E-state index in [4.69, 9.17) is 9.47 Å². The van der Waals surface area contributed by atoms with Crippen LogP contribution in [0.5, 0.6) is 11.5 Å². The second kappa shape index (κ2) is 9.29. The summed E-state index contributed by atoms with van der Waals surface area (Å²) in [6.45, 7) is 11.7. The molecule has 5 rings (SSSR count). The fraction of sp³-hybridized carbons (Fsp3) is 0.607. The van der Waals surface area contributed by atoms with Gasteiger partial charge in [-0.3, -0.25) is 9.69 Å². The van der Waals surface area contributed by atoms with Crippen molar-refractivity contribution < 1.29 is 14.3 Å². The second-order valence-electron chi connectivity index (χ2n) is 11.5. The van der Waals surface area contributed by atoms with Gasteiger partial charge < -0.3 is 18.9 Å². The number of nitrogens with zero attached hydrogens (tertiary/aromatic N) is 3. The van der Waals surface area contributed by atoms with E-state index in [1.807, 2.05) is 6.07 Å². The normalized spacial score (nSPS) is 25.5. The molecule has 0 spiro atoms. The van der Waals surface area contributed by atoms with Gasteiger partial charge in [0.2, 0.25) is 12.7 Å². The van der Waals surface area contributed by atoms with Crippen molar-refractivity contribution in [3.8, 4) is 11.5 Å². The molecular formula is C28H39N3O3. The molecule has 1 saturated carbocycles. The Morgan fingerprint density at radius 2 is 1.68 bits per heavy atom. The first-order valence-corrected chi connectivity index (χ1v) is 12.8. The monoisotopic (exact) mass is 465 g/mol. The fourth-order valence-corrected chi connectivity index (χ4v) is 6.04. The number of amides is 1. The largest absolute Gasteiger partial charge is 0.454 e. The predicted molar refractivity (Wildman–Crippen MR) is 133 cm³/mol. The topological polar surface area (TPSA) is 46.9 Å². The van der Waals surface area contributed by atoms with Gasteiger partial charge in [0.25, 0.3) is 0 Å². The van der Waals surface area contributed by atoms with Crippen LogP contribution in [0.4, 0.5) is 0 Å². The van der Waals surface area contributed by atoms with Crippen LogP contribution in [0, 0.1) is 11.3 Å². The van der Waals surface area contributed by atoms with Gasteiger partial charge >= 0.3 is 0 Å². The van der Waals surface area contributed by atoms with Gasteiger partial charge in [0.05, 0.1) is 12.0 Å². The third-order valence-corrected chi connectivity index (χ3v) is 8.34. The number of carbonyl (C=O) groups is 1. The van der Waals surface area contributed by atoms with E-state index in [1.165, 1.54) is 18.4 Å². The molecule has 2 fully saturated rings. The smallest absolute Gasteiger partial charge is 0.231 e. The van der Waals surface area contributed by atoms with Crippen molar-refractivity contribution >= 4 is 5.91 Å². The molecule has 184 valence electrons. The number of hydrogen-bond donors (Lipinski definition) is 0. The number of aromatic nitrogens is 1. The zero-order chi connectivity index (χ0) is 23.8.